The number of phenols is 1. The zero-order valence-corrected chi connectivity index (χ0v) is 25.5. The summed E-state index contributed by atoms with van der Waals surface area (Å²) in [6, 6.07) is 22.2. The lowest BCUT2D eigenvalue weighted by molar-refractivity contribution is -0.122. The molecule has 5 rings (SSSR count). The number of nitrogens with one attached hydrogen (secondary N) is 2. The zero-order chi connectivity index (χ0) is 31.1. The third kappa shape index (κ3) is 7.08. The van der Waals surface area contributed by atoms with Gasteiger partial charge in [0.05, 0.1) is 5.69 Å². The standard InChI is InChI=1S/C34H37N5O4S/c1-22-10-8-9-15-27(22)39(34(43)31-28(35)29(38-44-31)32(41)37-25-13-6-3-7-14-25)30(24-16-18-26(40)19-17-24)33(42)36-21-20-23-11-4-2-5-12-23/h2,4-5,8-12,15-19,25,30,40H,3,6-7,13-14,20-21,35H2,1H3,(H,36,42)(H,37,41)/t30-/m1/s1. The number of aromatic hydroxyl groups is 1. The first-order valence-electron chi connectivity index (χ1n) is 14.9. The number of carbonyl (C=O) groups is 3. The smallest absolute Gasteiger partial charge is 0.273 e. The van der Waals surface area contributed by atoms with Gasteiger partial charge in [0.1, 0.15) is 16.7 Å². The number of benzene rings is 3. The lowest BCUT2D eigenvalue weighted by Crippen LogP contribution is -2.44. The number of phenolic OH excluding ortho intramolecular Hbond substituents is 1. The van der Waals surface area contributed by atoms with Crippen LogP contribution in [0.15, 0.2) is 78.9 Å². The van der Waals surface area contributed by atoms with Crippen molar-refractivity contribution < 1.29 is 19.5 Å². The molecule has 0 saturated heterocycles. The molecular formula is C34H37N5O4S. The second-order valence-electron chi connectivity index (χ2n) is 11.1. The second kappa shape index (κ2) is 14.2. The van der Waals surface area contributed by atoms with Crippen molar-refractivity contribution in [3.05, 3.63) is 106 Å². The lowest BCUT2D eigenvalue weighted by atomic mass is 9.95. The molecular weight excluding hydrogens is 574 g/mol. The topological polar surface area (TPSA) is 138 Å². The molecule has 1 aliphatic rings. The molecule has 44 heavy (non-hydrogen) atoms. The van der Waals surface area contributed by atoms with Gasteiger partial charge in [-0.1, -0.05) is 79.9 Å². The Kier molecular flexibility index (Phi) is 9.91. The number of nitrogen functional groups attached to an aromatic ring is 1. The van der Waals surface area contributed by atoms with E-state index in [-0.39, 0.29) is 28.0 Å². The maximum Gasteiger partial charge on any atom is 0.273 e. The van der Waals surface area contributed by atoms with Crippen LogP contribution in [0.2, 0.25) is 0 Å². The van der Waals surface area contributed by atoms with Gasteiger partial charge in [0.2, 0.25) is 5.91 Å². The van der Waals surface area contributed by atoms with Gasteiger partial charge < -0.3 is 21.5 Å². The van der Waals surface area contributed by atoms with Gasteiger partial charge in [0.15, 0.2) is 5.69 Å². The van der Waals surface area contributed by atoms with Gasteiger partial charge in [-0.25, -0.2) is 0 Å². The quantitative estimate of drug-likeness (QED) is 0.186. The molecule has 0 radical (unpaired) electrons. The van der Waals surface area contributed by atoms with E-state index >= 15 is 0 Å². The van der Waals surface area contributed by atoms with Crippen molar-refractivity contribution in [1.82, 2.24) is 15.0 Å². The summed E-state index contributed by atoms with van der Waals surface area (Å²) in [6.07, 6.45) is 5.67. The Bertz CT molecular complexity index is 1600. The number of para-hydroxylation sites is 1. The monoisotopic (exact) mass is 611 g/mol. The minimum absolute atomic E-state index is 0.0131. The fourth-order valence-electron chi connectivity index (χ4n) is 5.57. The summed E-state index contributed by atoms with van der Waals surface area (Å²) >= 11 is 0.847. The van der Waals surface area contributed by atoms with Crippen LogP contribution in [0.1, 0.15) is 75.0 Å². The fraction of sp³-hybridized carbons (Fsp3) is 0.294. The van der Waals surface area contributed by atoms with Gasteiger partial charge >= 0.3 is 0 Å². The van der Waals surface area contributed by atoms with E-state index in [1.165, 1.54) is 17.0 Å². The SMILES string of the molecule is Cc1ccccc1N(C(=O)c1snc(C(=O)NC2CCCCC2)c1N)[C@@H](C(=O)NCCc1ccccc1)c1ccc(O)cc1. The molecule has 228 valence electrons. The number of hydrogen-bond acceptors (Lipinski definition) is 7. The molecule has 10 heteroatoms. The Balaban J connectivity index is 1.50. The van der Waals surface area contributed by atoms with E-state index in [1.54, 1.807) is 24.3 Å². The molecule has 3 amide bonds. The van der Waals surface area contributed by atoms with Crippen molar-refractivity contribution in [3.8, 4) is 5.75 Å². The summed E-state index contributed by atoms with van der Waals surface area (Å²) in [6.45, 7) is 2.21. The molecule has 1 aromatic heterocycles. The molecule has 0 bridgehead atoms. The summed E-state index contributed by atoms with van der Waals surface area (Å²) in [7, 11) is 0. The largest absolute Gasteiger partial charge is 0.508 e. The van der Waals surface area contributed by atoms with Crippen molar-refractivity contribution in [2.75, 3.05) is 17.2 Å². The van der Waals surface area contributed by atoms with Crippen molar-refractivity contribution in [3.63, 3.8) is 0 Å². The highest BCUT2D eigenvalue weighted by molar-refractivity contribution is 7.09. The number of hydrogen-bond donors (Lipinski definition) is 4. The van der Waals surface area contributed by atoms with E-state index in [4.69, 9.17) is 5.73 Å². The Morgan fingerprint density at radius 2 is 1.66 bits per heavy atom. The van der Waals surface area contributed by atoms with Gasteiger partial charge in [0, 0.05) is 18.3 Å². The summed E-state index contributed by atoms with van der Waals surface area (Å²) in [5, 5.41) is 16.0. The van der Waals surface area contributed by atoms with E-state index in [0.717, 1.165) is 54.8 Å². The number of nitrogens with zero attached hydrogens (tertiary/aromatic N) is 2. The number of amides is 3. The maximum atomic E-state index is 14.5. The highest BCUT2D eigenvalue weighted by atomic mass is 32.1. The maximum absolute atomic E-state index is 14.5. The summed E-state index contributed by atoms with van der Waals surface area (Å²) in [5.74, 6) is -1.32. The molecule has 0 aliphatic heterocycles. The number of rotatable bonds is 10. The molecule has 9 nitrogen and oxygen atoms in total. The molecule has 1 heterocycles. The normalized spacial score (nSPS) is 14.0. The minimum Gasteiger partial charge on any atom is -0.508 e. The average Bonchev–Trinajstić information content (AvgIpc) is 3.43. The van der Waals surface area contributed by atoms with Gasteiger partial charge in [-0.2, -0.15) is 4.37 Å². The molecule has 5 N–H and O–H groups in total. The number of aryl methyl sites for hydroxylation is 1. The van der Waals surface area contributed by atoms with Crippen LogP contribution < -0.4 is 21.3 Å². The van der Waals surface area contributed by atoms with Crippen LogP contribution in [0, 0.1) is 6.92 Å². The van der Waals surface area contributed by atoms with E-state index < -0.39 is 23.8 Å². The van der Waals surface area contributed by atoms with Crippen LogP contribution in [-0.2, 0) is 11.2 Å². The predicted octanol–water partition coefficient (Wildman–Crippen LogP) is 5.55. The highest BCUT2D eigenvalue weighted by Gasteiger charge is 2.37. The van der Waals surface area contributed by atoms with Crippen LogP contribution in [0.4, 0.5) is 11.4 Å². The van der Waals surface area contributed by atoms with Crippen molar-refractivity contribution in [2.45, 2.75) is 57.5 Å². The van der Waals surface area contributed by atoms with E-state index in [0.29, 0.717) is 24.2 Å². The molecule has 0 spiro atoms. The van der Waals surface area contributed by atoms with Crippen molar-refractivity contribution >= 4 is 40.6 Å². The molecule has 1 fully saturated rings. The Hall–Kier alpha value is -4.70. The first-order chi connectivity index (χ1) is 21.3. The van der Waals surface area contributed by atoms with E-state index in [1.807, 2.05) is 49.4 Å². The number of anilines is 2. The van der Waals surface area contributed by atoms with Crippen molar-refractivity contribution in [1.29, 1.82) is 0 Å². The summed E-state index contributed by atoms with van der Waals surface area (Å²) in [4.78, 5) is 43.1. The van der Waals surface area contributed by atoms with Gasteiger partial charge in [-0.3, -0.25) is 19.3 Å². The van der Waals surface area contributed by atoms with Crippen LogP contribution >= 0.6 is 11.5 Å². The molecule has 3 aromatic carbocycles. The molecule has 1 aliphatic carbocycles. The number of carbonyl (C=O) groups excluding carboxylic acids is 3. The van der Waals surface area contributed by atoms with Crippen LogP contribution in [-0.4, -0.2) is 39.8 Å². The zero-order valence-electron chi connectivity index (χ0n) is 24.7. The molecule has 4 aromatic rings. The highest BCUT2D eigenvalue weighted by Crippen LogP contribution is 2.35. The molecule has 0 unspecified atom stereocenters. The van der Waals surface area contributed by atoms with Gasteiger partial charge in [-0.05, 0) is 72.6 Å². The van der Waals surface area contributed by atoms with Crippen LogP contribution in [0.3, 0.4) is 0 Å². The second-order valence-corrected chi connectivity index (χ2v) is 11.8. The average molecular weight is 612 g/mol. The predicted molar refractivity (Wildman–Crippen MR) is 173 cm³/mol. The van der Waals surface area contributed by atoms with E-state index in [2.05, 4.69) is 15.0 Å². The Morgan fingerprint density at radius 3 is 2.36 bits per heavy atom. The van der Waals surface area contributed by atoms with Gasteiger partial charge in [0.25, 0.3) is 11.8 Å². The third-order valence-electron chi connectivity index (χ3n) is 7.94. The van der Waals surface area contributed by atoms with Crippen LogP contribution in [0.5, 0.6) is 5.75 Å². The first kappa shape index (κ1) is 30.7. The fourth-order valence-corrected chi connectivity index (χ4v) is 6.31. The Labute approximate surface area is 261 Å². The lowest BCUT2D eigenvalue weighted by Gasteiger charge is -2.32. The van der Waals surface area contributed by atoms with Crippen molar-refractivity contribution in [2.24, 2.45) is 0 Å². The van der Waals surface area contributed by atoms with Crippen LogP contribution in [0.25, 0.3) is 0 Å². The minimum atomic E-state index is -1.11. The summed E-state index contributed by atoms with van der Waals surface area (Å²) < 4.78 is 4.30. The van der Waals surface area contributed by atoms with E-state index in [9.17, 15) is 19.5 Å². The number of nitrogens with two attached hydrogens (primary N) is 1. The first-order valence-corrected chi connectivity index (χ1v) is 15.7. The Morgan fingerprint density at radius 1 is 0.977 bits per heavy atom. The third-order valence-corrected chi connectivity index (χ3v) is 8.79. The van der Waals surface area contributed by atoms with Gasteiger partial charge in [-0.15, -0.1) is 0 Å². The molecule has 1 atom stereocenters. The molecule has 1 saturated carbocycles. The number of aromatic nitrogens is 1. The summed E-state index contributed by atoms with van der Waals surface area (Å²) in [5.41, 5.74) is 9.29.